The van der Waals surface area contributed by atoms with Crippen LogP contribution in [0, 0.1) is 0 Å². The standard InChI is InChI=1S/C15H21N/c1-3-13-7-9-14(10-8-13)12(2)15-6-4-5-11-16-15/h3,7-10,12,15-16H,1,4-6,11H2,2H3. The maximum Gasteiger partial charge on any atom is 0.0133 e. The van der Waals surface area contributed by atoms with Crippen LogP contribution < -0.4 is 5.32 Å². The molecule has 0 saturated carbocycles. The number of hydrogen-bond donors (Lipinski definition) is 1. The first-order chi connectivity index (χ1) is 7.81. The molecule has 86 valence electrons. The molecule has 0 radical (unpaired) electrons. The fraction of sp³-hybridized carbons (Fsp3) is 0.467. The van der Waals surface area contributed by atoms with E-state index in [1.807, 2.05) is 6.08 Å². The Morgan fingerprint density at radius 2 is 2.06 bits per heavy atom. The summed E-state index contributed by atoms with van der Waals surface area (Å²) in [6.07, 6.45) is 5.91. The van der Waals surface area contributed by atoms with Crippen molar-refractivity contribution in [2.24, 2.45) is 0 Å². The largest absolute Gasteiger partial charge is 0.313 e. The molecule has 1 heteroatoms. The van der Waals surface area contributed by atoms with E-state index in [4.69, 9.17) is 0 Å². The topological polar surface area (TPSA) is 12.0 Å². The van der Waals surface area contributed by atoms with Gasteiger partial charge in [0.05, 0.1) is 0 Å². The molecule has 1 nitrogen and oxygen atoms in total. The summed E-state index contributed by atoms with van der Waals surface area (Å²) in [5, 5.41) is 3.63. The third-order valence-electron chi connectivity index (χ3n) is 3.65. The van der Waals surface area contributed by atoms with Gasteiger partial charge >= 0.3 is 0 Å². The SMILES string of the molecule is C=Cc1ccc(C(C)C2CCCCN2)cc1. The van der Waals surface area contributed by atoms with Crippen molar-refractivity contribution in [2.75, 3.05) is 6.54 Å². The van der Waals surface area contributed by atoms with Gasteiger partial charge in [0, 0.05) is 6.04 Å². The minimum Gasteiger partial charge on any atom is -0.313 e. The molecule has 2 rings (SSSR count). The van der Waals surface area contributed by atoms with Gasteiger partial charge in [0.2, 0.25) is 0 Å². The van der Waals surface area contributed by atoms with E-state index in [1.165, 1.54) is 36.9 Å². The highest BCUT2D eigenvalue weighted by atomic mass is 14.9. The molecule has 1 aliphatic rings. The summed E-state index contributed by atoms with van der Waals surface area (Å²) in [6, 6.07) is 9.43. The van der Waals surface area contributed by atoms with E-state index >= 15 is 0 Å². The summed E-state index contributed by atoms with van der Waals surface area (Å²) in [5.74, 6) is 0.610. The highest BCUT2D eigenvalue weighted by Gasteiger charge is 2.20. The molecule has 1 aromatic carbocycles. The zero-order chi connectivity index (χ0) is 11.4. The summed E-state index contributed by atoms with van der Waals surface area (Å²) < 4.78 is 0. The van der Waals surface area contributed by atoms with Gasteiger partial charge in [-0.2, -0.15) is 0 Å². The Balaban J connectivity index is 2.06. The van der Waals surface area contributed by atoms with Crippen molar-refractivity contribution in [3.63, 3.8) is 0 Å². The molecule has 0 amide bonds. The van der Waals surface area contributed by atoms with Gasteiger partial charge in [-0.3, -0.25) is 0 Å². The lowest BCUT2D eigenvalue weighted by atomic mass is 9.88. The van der Waals surface area contributed by atoms with Crippen molar-refractivity contribution in [2.45, 2.75) is 38.1 Å². The normalized spacial score (nSPS) is 22.7. The molecular formula is C15H21N. The second-order valence-electron chi connectivity index (χ2n) is 4.72. The Bertz CT molecular complexity index is 333. The summed E-state index contributed by atoms with van der Waals surface area (Å²) in [4.78, 5) is 0. The summed E-state index contributed by atoms with van der Waals surface area (Å²) in [6.45, 7) is 7.29. The second kappa shape index (κ2) is 5.31. The Kier molecular flexibility index (Phi) is 3.79. The molecular weight excluding hydrogens is 194 g/mol. The fourth-order valence-corrected chi connectivity index (χ4v) is 2.47. The number of hydrogen-bond acceptors (Lipinski definition) is 1. The van der Waals surface area contributed by atoms with Crippen molar-refractivity contribution < 1.29 is 0 Å². The van der Waals surface area contributed by atoms with Crippen molar-refractivity contribution in [3.8, 4) is 0 Å². The van der Waals surface area contributed by atoms with Crippen molar-refractivity contribution in [3.05, 3.63) is 42.0 Å². The van der Waals surface area contributed by atoms with E-state index in [2.05, 4.69) is 43.1 Å². The van der Waals surface area contributed by atoms with E-state index in [1.54, 1.807) is 0 Å². The van der Waals surface area contributed by atoms with Crippen LogP contribution in [-0.4, -0.2) is 12.6 Å². The van der Waals surface area contributed by atoms with Crippen LogP contribution in [0.3, 0.4) is 0 Å². The van der Waals surface area contributed by atoms with Crippen LogP contribution in [0.25, 0.3) is 6.08 Å². The number of piperidine rings is 1. The second-order valence-corrected chi connectivity index (χ2v) is 4.72. The van der Waals surface area contributed by atoms with Crippen LogP contribution in [0.1, 0.15) is 43.2 Å². The zero-order valence-electron chi connectivity index (χ0n) is 10.1. The summed E-state index contributed by atoms with van der Waals surface area (Å²) >= 11 is 0. The molecule has 0 bridgehead atoms. The molecule has 0 spiro atoms. The Morgan fingerprint density at radius 1 is 1.31 bits per heavy atom. The van der Waals surface area contributed by atoms with Gasteiger partial charge in [-0.15, -0.1) is 0 Å². The van der Waals surface area contributed by atoms with Gasteiger partial charge < -0.3 is 5.32 Å². The Morgan fingerprint density at radius 3 is 2.62 bits per heavy atom. The van der Waals surface area contributed by atoms with Gasteiger partial charge in [0.25, 0.3) is 0 Å². The molecule has 1 N–H and O–H groups in total. The van der Waals surface area contributed by atoms with E-state index in [-0.39, 0.29) is 0 Å². The number of benzene rings is 1. The lowest BCUT2D eigenvalue weighted by Gasteiger charge is -2.29. The fourth-order valence-electron chi connectivity index (χ4n) is 2.47. The van der Waals surface area contributed by atoms with E-state index < -0.39 is 0 Å². The predicted molar refractivity (Wildman–Crippen MR) is 70.6 cm³/mol. The Labute approximate surface area is 98.6 Å². The number of nitrogens with one attached hydrogen (secondary N) is 1. The minimum atomic E-state index is 0.610. The van der Waals surface area contributed by atoms with Gasteiger partial charge in [-0.05, 0) is 36.4 Å². The van der Waals surface area contributed by atoms with Crippen LogP contribution in [0.4, 0.5) is 0 Å². The van der Waals surface area contributed by atoms with Gasteiger partial charge in [0.1, 0.15) is 0 Å². The van der Waals surface area contributed by atoms with Crippen LogP contribution in [-0.2, 0) is 0 Å². The van der Waals surface area contributed by atoms with E-state index in [9.17, 15) is 0 Å². The first-order valence-corrected chi connectivity index (χ1v) is 6.27. The molecule has 1 fully saturated rings. The molecule has 0 aliphatic carbocycles. The molecule has 1 heterocycles. The smallest absolute Gasteiger partial charge is 0.0133 e. The molecule has 2 atom stereocenters. The monoisotopic (exact) mass is 215 g/mol. The zero-order valence-corrected chi connectivity index (χ0v) is 10.1. The highest BCUT2D eigenvalue weighted by Crippen LogP contribution is 2.25. The average molecular weight is 215 g/mol. The minimum absolute atomic E-state index is 0.610. The summed E-state index contributed by atoms with van der Waals surface area (Å²) in [7, 11) is 0. The van der Waals surface area contributed by atoms with Gasteiger partial charge in [-0.1, -0.05) is 50.3 Å². The third-order valence-corrected chi connectivity index (χ3v) is 3.65. The predicted octanol–water partition coefficient (Wildman–Crippen LogP) is 3.58. The van der Waals surface area contributed by atoms with Crippen molar-refractivity contribution >= 4 is 6.08 Å². The van der Waals surface area contributed by atoms with Crippen molar-refractivity contribution in [1.29, 1.82) is 0 Å². The van der Waals surface area contributed by atoms with Gasteiger partial charge in [-0.25, -0.2) is 0 Å². The molecule has 1 saturated heterocycles. The van der Waals surface area contributed by atoms with Crippen LogP contribution in [0.5, 0.6) is 0 Å². The molecule has 1 aliphatic heterocycles. The maximum absolute atomic E-state index is 3.78. The van der Waals surface area contributed by atoms with Crippen LogP contribution >= 0.6 is 0 Å². The first kappa shape index (κ1) is 11.4. The Hall–Kier alpha value is -1.08. The quantitative estimate of drug-likeness (QED) is 0.812. The van der Waals surface area contributed by atoms with Crippen molar-refractivity contribution in [1.82, 2.24) is 5.32 Å². The average Bonchev–Trinajstić information content (AvgIpc) is 2.39. The number of rotatable bonds is 3. The lowest BCUT2D eigenvalue weighted by Crippen LogP contribution is -2.37. The highest BCUT2D eigenvalue weighted by molar-refractivity contribution is 5.47. The van der Waals surface area contributed by atoms with Crippen LogP contribution in [0.2, 0.25) is 0 Å². The van der Waals surface area contributed by atoms with E-state index in [0.29, 0.717) is 12.0 Å². The third kappa shape index (κ3) is 2.53. The molecule has 0 aromatic heterocycles. The first-order valence-electron chi connectivity index (χ1n) is 6.27. The molecule has 2 unspecified atom stereocenters. The summed E-state index contributed by atoms with van der Waals surface area (Å²) in [5.41, 5.74) is 2.64. The lowest BCUT2D eigenvalue weighted by molar-refractivity contribution is 0.361. The molecule has 1 aromatic rings. The van der Waals surface area contributed by atoms with E-state index in [0.717, 1.165) is 0 Å². The maximum atomic E-state index is 3.78. The van der Waals surface area contributed by atoms with Crippen LogP contribution in [0.15, 0.2) is 30.8 Å². The molecule has 16 heavy (non-hydrogen) atoms. The van der Waals surface area contributed by atoms with Gasteiger partial charge in [0.15, 0.2) is 0 Å².